The summed E-state index contributed by atoms with van der Waals surface area (Å²) in [5, 5.41) is 0. The molecule has 2 unspecified atom stereocenters. The standard InChI is InChI=1S/C12H18O2Se/c1-3-14-12(13)11-7-9-8(2)5-4-6-10(9)15-11/h8,11H,3-7H2,1-2H3. The summed E-state index contributed by atoms with van der Waals surface area (Å²) in [6.45, 7) is 4.71. The molecular weight excluding hydrogens is 255 g/mol. The Kier molecular flexibility index (Phi) is 3.52. The van der Waals surface area contributed by atoms with Crippen LogP contribution in [-0.4, -0.2) is 27.5 Å². The van der Waals surface area contributed by atoms with Gasteiger partial charge >= 0.3 is 97.4 Å². The van der Waals surface area contributed by atoms with Gasteiger partial charge in [-0.25, -0.2) is 0 Å². The Morgan fingerprint density at radius 1 is 1.60 bits per heavy atom. The molecule has 0 radical (unpaired) electrons. The summed E-state index contributed by atoms with van der Waals surface area (Å²) < 4.78 is 6.74. The van der Waals surface area contributed by atoms with Crippen molar-refractivity contribution >= 4 is 20.9 Å². The van der Waals surface area contributed by atoms with Crippen molar-refractivity contribution in [2.24, 2.45) is 5.92 Å². The van der Waals surface area contributed by atoms with Crippen molar-refractivity contribution in [1.29, 1.82) is 0 Å². The third kappa shape index (κ3) is 2.29. The van der Waals surface area contributed by atoms with Crippen LogP contribution in [0.2, 0.25) is 4.82 Å². The molecule has 1 aliphatic heterocycles. The number of allylic oxidation sites excluding steroid dienone is 2. The van der Waals surface area contributed by atoms with Crippen LogP contribution in [-0.2, 0) is 9.53 Å². The van der Waals surface area contributed by atoms with Gasteiger partial charge in [0.25, 0.3) is 0 Å². The molecule has 0 aromatic carbocycles. The summed E-state index contributed by atoms with van der Waals surface area (Å²) in [6, 6.07) is 0. The van der Waals surface area contributed by atoms with Crippen molar-refractivity contribution in [2.75, 3.05) is 6.61 Å². The Morgan fingerprint density at radius 3 is 3.07 bits per heavy atom. The number of carbonyl (C=O) groups excluding carboxylic acids is 1. The summed E-state index contributed by atoms with van der Waals surface area (Å²) in [7, 11) is 0. The van der Waals surface area contributed by atoms with Gasteiger partial charge in [-0.2, -0.15) is 0 Å². The predicted octanol–water partition coefficient (Wildman–Crippen LogP) is 2.52. The fraction of sp³-hybridized carbons (Fsp3) is 0.750. The Morgan fingerprint density at radius 2 is 2.40 bits per heavy atom. The van der Waals surface area contributed by atoms with Crippen LogP contribution in [0.25, 0.3) is 0 Å². The van der Waals surface area contributed by atoms with E-state index in [2.05, 4.69) is 6.92 Å². The minimum absolute atomic E-state index is 0.0408. The molecule has 2 atom stereocenters. The maximum atomic E-state index is 11.7. The molecule has 1 heterocycles. The topological polar surface area (TPSA) is 26.3 Å². The van der Waals surface area contributed by atoms with Gasteiger partial charge < -0.3 is 0 Å². The van der Waals surface area contributed by atoms with Gasteiger partial charge in [0, 0.05) is 0 Å². The summed E-state index contributed by atoms with van der Waals surface area (Å²) in [5.41, 5.74) is 1.60. The molecule has 2 aliphatic rings. The van der Waals surface area contributed by atoms with Gasteiger partial charge in [0.2, 0.25) is 0 Å². The first-order valence-electron chi connectivity index (χ1n) is 5.77. The number of rotatable bonds is 2. The van der Waals surface area contributed by atoms with E-state index >= 15 is 0 Å². The molecule has 1 aliphatic carbocycles. The van der Waals surface area contributed by atoms with E-state index in [9.17, 15) is 4.79 Å². The number of hydrogen-bond acceptors (Lipinski definition) is 2. The second kappa shape index (κ2) is 4.71. The molecular formula is C12H18O2Se. The first-order valence-corrected chi connectivity index (χ1v) is 7.62. The number of carbonyl (C=O) groups is 1. The Balaban J connectivity index is 2.00. The van der Waals surface area contributed by atoms with Crippen molar-refractivity contribution < 1.29 is 9.53 Å². The molecule has 0 saturated carbocycles. The van der Waals surface area contributed by atoms with Gasteiger partial charge in [-0.15, -0.1) is 0 Å². The van der Waals surface area contributed by atoms with Gasteiger partial charge in [0.1, 0.15) is 0 Å². The second-order valence-electron chi connectivity index (χ2n) is 4.30. The Labute approximate surface area is 97.6 Å². The van der Waals surface area contributed by atoms with E-state index in [0.717, 1.165) is 12.3 Å². The average molecular weight is 273 g/mol. The molecule has 0 saturated heterocycles. The summed E-state index contributed by atoms with van der Waals surface area (Å²) in [6.07, 6.45) is 4.87. The molecule has 2 rings (SSSR count). The van der Waals surface area contributed by atoms with E-state index in [4.69, 9.17) is 4.74 Å². The zero-order valence-corrected chi connectivity index (χ0v) is 11.1. The summed E-state index contributed by atoms with van der Waals surface area (Å²) >= 11 is 0.385. The van der Waals surface area contributed by atoms with E-state index < -0.39 is 0 Å². The molecule has 2 nitrogen and oxygen atoms in total. The van der Waals surface area contributed by atoms with Crippen LogP contribution in [0.1, 0.15) is 39.5 Å². The molecule has 3 heteroatoms. The van der Waals surface area contributed by atoms with Crippen LogP contribution in [0.15, 0.2) is 10.0 Å². The summed E-state index contributed by atoms with van der Waals surface area (Å²) in [5.74, 6) is 0.758. The van der Waals surface area contributed by atoms with Crippen LogP contribution < -0.4 is 0 Å². The third-order valence-electron chi connectivity index (χ3n) is 3.23. The number of esters is 1. The Hall–Kier alpha value is -0.271. The van der Waals surface area contributed by atoms with Crippen molar-refractivity contribution in [1.82, 2.24) is 0 Å². The van der Waals surface area contributed by atoms with E-state index in [1.807, 2.05) is 6.92 Å². The zero-order chi connectivity index (χ0) is 10.8. The molecule has 0 N–H and O–H groups in total. The molecule has 84 valence electrons. The van der Waals surface area contributed by atoms with Crippen LogP contribution in [0.3, 0.4) is 0 Å². The van der Waals surface area contributed by atoms with E-state index in [1.165, 1.54) is 19.3 Å². The maximum absolute atomic E-state index is 11.7. The molecule has 0 spiro atoms. The molecule has 0 amide bonds. The predicted molar refractivity (Wildman–Crippen MR) is 60.8 cm³/mol. The first kappa shape index (κ1) is 11.2. The third-order valence-corrected chi connectivity index (χ3v) is 6.16. The van der Waals surface area contributed by atoms with E-state index in [-0.39, 0.29) is 10.8 Å². The summed E-state index contributed by atoms with van der Waals surface area (Å²) in [4.78, 5) is 11.9. The fourth-order valence-electron chi connectivity index (χ4n) is 2.41. The molecule has 0 aromatic heterocycles. The van der Waals surface area contributed by atoms with E-state index in [1.54, 1.807) is 10.0 Å². The SMILES string of the molecule is CCOC(=O)C1CC2=C(CCCC2C)[Se]1. The van der Waals surface area contributed by atoms with Crippen molar-refractivity contribution in [2.45, 2.75) is 44.3 Å². The second-order valence-corrected chi connectivity index (χ2v) is 7.03. The molecule has 0 fully saturated rings. The zero-order valence-electron chi connectivity index (χ0n) is 9.41. The van der Waals surface area contributed by atoms with Gasteiger partial charge in [-0.1, -0.05) is 0 Å². The van der Waals surface area contributed by atoms with Gasteiger partial charge in [-0.3, -0.25) is 0 Å². The van der Waals surface area contributed by atoms with Gasteiger partial charge in [0.05, 0.1) is 0 Å². The molecule has 15 heavy (non-hydrogen) atoms. The van der Waals surface area contributed by atoms with Crippen molar-refractivity contribution in [3.63, 3.8) is 0 Å². The molecule has 0 bridgehead atoms. The first-order chi connectivity index (χ1) is 7.22. The average Bonchev–Trinajstić information content (AvgIpc) is 2.63. The van der Waals surface area contributed by atoms with E-state index in [0.29, 0.717) is 21.6 Å². The van der Waals surface area contributed by atoms with Crippen LogP contribution in [0.5, 0.6) is 0 Å². The van der Waals surface area contributed by atoms with Crippen LogP contribution in [0, 0.1) is 5.92 Å². The van der Waals surface area contributed by atoms with Crippen LogP contribution in [0.4, 0.5) is 0 Å². The Bertz CT molecular complexity index is 296. The number of hydrogen-bond donors (Lipinski definition) is 0. The monoisotopic (exact) mass is 274 g/mol. The van der Waals surface area contributed by atoms with Crippen molar-refractivity contribution in [3.05, 3.63) is 10.0 Å². The van der Waals surface area contributed by atoms with Crippen molar-refractivity contribution in [3.8, 4) is 0 Å². The quantitative estimate of drug-likeness (QED) is 0.571. The fourth-order valence-corrected chi connectivity index (χ4v) is 5.49. The van der Waals surface area contributed by atoms with Gasteiger partial charge in [0.15, 0.2) is 0 Å². The minimum atomic E-state index is 0.0408. The number of ether oxygens (including phenoxy) is 1. The van der Waals surface area contributed by atoms with Gasteiger partial charge in [-0.05, 0) is 0 Å². The normalized spacial score (nSPS) is 30.3. The molecule has 0 aromatic rings. The van der Waals surface area contributed by atoms with Crippen LogP contribution >= 0.6 is 0 Å².